The van der Waals surface area contributed by atoms with Gasteiger partial charge in [-0.3, -0.25) is 4.79 Å². The molecule has 6 heteroatoms. The fraction of sp³-hybridized carbons (Fsp3) is 0.929. The van der Waals surface area contributed by atoms with Gasteiger partial charge in [0.2, 0.25) is 0 Å². The first-order chi connectivity index (χ1) is 9.12. The molecule has 0 aliphatic heterocycles. The number of halogens is 3. The molecule has 0 amide bonds. The second-order valence-corrected chi connectivity index (χ2v) is 6.13. The minimum atomic E-state index is -4.76. The van der Waals surface area contributed by atoms with Gasteiger partial charge in [-0.15, -0.1) is 0 Å². The summed E-state index contributed by atoms with van der Waals surface area (Å²) >= 11 is 0. The van der Waals surface area contributed by atoms with Crippen LogP contribution >= 0.6 is 0 Å². The zero-order valence-corrected chi connectivity index (χ0v) is 12.1. The number of hydrogen-bond donors (Lipinski definition) is 1. The average molecular weight is 296 g/mol. The van der Waals surface area contributed by atoms with Crippen molar-refractivity contribution in [2.45, 2.75) is 52.3 Å². The van der Waals surface area contributed by atoms with Crippen molar-refractivity contribution in [1.29, 1.82) is 0 Å². The summed E-state index contributed by atoms with van der Waals surface area (Å²) in [5, 5.41) is 8.67. The number of carbonyl (C=O) groups is 1. The first-order valence-electron chi connectivity index (χ1n) is 7.04. The Balaban J connectivity index is 2.66. The summed E-state index contributed by atoms with van der Waals surface area (Å²) in [6.07, 6.45) is -2.37. The van der Waals surface area contributed by atoms with Gasteiger partial charge < -0.3 is 9.84 Å². The van der Waals surface area contributed by atoms with E-state index in [1.807, 2.05) is 20.8 Å². The Labute approximate surface area is 117 Å². The molecule has 118 valence electrons. The van der Waals surface area contributed by atoms with Crippen LogP contribution in [0.15, 0.2) is 0 Å². The van der Waals surface area contributed by atoms with Crippen molar-refractivity contribution in [3.8, 4) is 0 Å². The molecule has 0 saturated heterocycles. The maximum absolute atomic E-state index is 12.6. The molecule has 0 radical (unpaired) electrons. The number of aliphatic carboxylic acids is 1. The van der Waals surface area contributed by atoms with E-state index in [0.717, 1.165) is 12.8 Å². The highest BCUT2D eigenvalue weighted by atomic mass is 19.4. The Bertz CT molecular complexity index is 328. The van der Waals surface area contributed by atoms with Crippen LogP contribution in [0.4, 0.5) is 13.2 Å². The monoisotopic (exact) mass is 296 g/mol. The second kappa shape index (κ2) is 6.78. The van der Waals surface area contributed by atoms with Crippen molar-refractivity contribution >= 4 is 5.97 Å². The van der Waals surface area contributed by atoms with Crippen LogP contribution in [0.25, 0.3) is 0 Å². The summed E-state index contributed by atoms with van der Waals surface area (Å²) in [6, 6.07) is 0. The number of carboxylic acid groups (broad SMARTS) is 1. The average Bonchev–Trinajstić information content (AvgIpc) is 2.26. The van der Waals surface area contributed by atoms with Crippen molar-refractivity contribution in [2.75, 3.05) is 6.61 Å². The number of rotatable bonds is 5. The normalized spacial score (nSPS) is 29.4. The van der Waals surface area contributed by atoms with Crippen LogP contribution < -0.4 is 0 Å². The molecular formula is C14H23F3O3. The van der Waals surface area contributed by atoms with Crippen LogP contribution in [0.5, 0.6) is 0 Å². The molecule has 1 saturated carbocycles. The maximum atomic E-state index is 12.6. The summed E-state index contributed by atoms with van der Waals surface area (Å²) in [5.41, 5.74) is 0. The summed E-state index contributed by atoms with van der Waals surface area (Å²) in [4.78, 5) is 10.7. The van der Waals surface area contributed by atoms with E-state index >= 15 is 0 Å². The zero-order chi connectivity index (χ0) is 15.5. The van der Waals surface area contributed by atoms with Gasteiger partial charge in [0.15, 0.2) is 5.92 Å². The molecular weight excluding hydrogens is 273 g/mol. The van der Waals surface area contributed by atoms with Crippen LogP contribution in [0.2, 0.25) is 0 Å². The summed E-state index contributed by atoms with van der Waals surface area (Å²) in [7, 11) is 0. The third kappa shape index (κ3) is 4.65. The first-order valence-corrected chi connectivity index (χ1v) is 7.04. The van der Waals surface area contributed by atoms with Gasteiger partial charge >= 0.3 is 12.1 Å². The van der Waals surface area contributed by atoms with Gasteiger partial charge in [-0.05, 0) is 30.6 Å². The summed E-state index contributed by atoms with van der Waals surface area (Å²) < 4.78 is 43.2. The summed E-state index contributed by atoms with van der Waals surface area (Å²) in [6.45, 7) is 5.30. The molecule has 0 bridgehead atoms. The van der Waals surface area contributed by atoms with Crippen LogP contribution in [-0.2, 0) is 9.53 Å². The molecule has 1 rings (SSSR count). The number of ether oxygens (including phenoxy) is 1. The van der Waals surface area contributed by atoms with Crippen molar-refractivity contribution in [3.63, 3.8) is 0 Å². The topological polar surface area (TPSA) is 46.5 Å². The molecule has 0 aromatic rings. The van der Waals surface area contributed by atoms with E-state index in [1.165, 1.54) is 0 Å². The predicted molar refractivity (Wildman–Crippen MR) is 68.3 cm³/mol. The highest BCUT2D eigenvalue weighted by Gasteiger charge is 2.46. The fourth-order valence-electron chi connectivity index (χ4n) is 2.83. The van der Waals surface area contributed by atoms with Crippen molar-refractivity contribution in [3.05, 3.63) is 0 Å². The van der Waals surface area contributed by atoms with Crippen molar-refractivity contribution in [2.24, 2.45) is 23.7 Å². The lowest BCUT2D eigenvalue weighted by atomic mass is 9.75. The highest BCUT2D eigenvalue weighted by Crippen LogP contribution is 2.36. The number of alkyl halides is 3. The third-order valence-electron chi connectivity index (χ3n) is 4.13. The second-order valence-electron chi connectivity index (χ2n) is 6.13. The predicted octanol–water partition coefficient (Wildman–Crippen LogP) is 3.73. The minimum absolute atomic E-state index is 0.203. The molecule has 4 unspecified atom stereocenters. The first kappa shape index (κ1) is 17.3. The van der Waals surface area contributed by atoms with E-state index in [2.05, 4.69) is 0 Å². The van der Waals surface area contributed by atoms with Gasteiger partial charge in [0.1, 0.15) is 0 Å². The SMILES string of the molecule is CC1CCC(C(C)C)C(OCC(C(=O)O)C(F)(F)F)C1. The van der Waals surface area contributed by atoms with Crippen LogP contribution in [0.1, 0.15) is 40.0 Å². The number of hydrogen-bond acceptors (Lipinski definition) is 2. The maximum Gasteiger partial charge on any atom is 0.404 e. The van der Waals surface area contributed by atoms with E-state index in [4.69, 9.17) is 9.84 Å². The minimum Gasteiger partial charge on any atom is -0.481 e. The lowest BCUT2D eigenvalue weighted by Crippen LogP contribution is -2.40. The molecule has 4 atom stereocenters. The van der Waals surface area contributed by atoms with Gasteiger partial charge in [0, 0.05) is 0 Å². The lowest BCUT2D eigenvalue weighted by molar-refractivity contribution is -0.208. The number of carboxylic acids is 1. The van der Waals surface area contributed by atoms with E-state index < -0.39 is 24.7 Å². The molecule has 1 fully saturated rings. The lowest BCUT2D eigenvalue weighted by Gasteiger charge is -2.37. The van der Waals surface area contributed by atoms with Crippen molar-refractivity contribution < 1.29 is 27.8 Å². The van der Waals surface area contributed by atoms with Crippen LogP contribution in [0.3, 0.4) is 0 Å². The molecule has 20 heavy (non-hydrogen) atoms. The van der Waals surface area contributed by atoms with Gasteiger partial charge in [-0.25, -0.2) is 0 Å². The highest BCUT2D eigenvalue weighted by molar-refractivity contribution is 5.71. The Kier molecular flexibility index (Phi) is 5.86. The summed E-state index contributed by atoms with van der Waals surface area (Å²) in [5.74, 6) is -3.38. The van der Waals surface area contributed by atoms with Gasteiger partial charge in [-0.1, -0.05) is 27.2 Å². The largest absolute Gasteiger partial charge is 0.481 e. The third-order valence-corrected chi connectivity index (χ3v) is 4.13. The molecule has 0 aromatic heterocycles. The van der Waals surface area contributed by atoms with Gasteiger partial charge in [0.05, 0.1) is 12.7 Å². The van der Waals surface area contributed by atoms with E-state index in [9.17, 15) is 18.0 Å². The Morgan fingerprint density at radius 3 is 2.40 bits per heavy atom. The quantitative estimate of drug-likeness (QED) is 0.841. The molecule has 3 nitrogen and oxygen atoms in total. The fourth-order valence-corrected chi connectivity index (χ4v) is 2.83. The van der Waals surface area contributed by atoms with Crippen molar-refractivity contribution in [1.82, 2.24) is 0 Å². The Hall–Kier alpha value is -0.780. The van der Waals surface area contributed by atoms with Gasteiger partial charge in [0.25, 0.3) is 0 Å². The zero-order valence-electron chi connectivity index (χ0n) is 12.1. The molecule has 1 N–H and O–H groups in total. The smallest absolute Gasteiger partial charge is 0.404 e. The van der Waals surface area contributed by atoms with Gasteiger partial charge in [-0.2, -0.15) is 13.2 Å². The molecule has 1 aliphatic rings. The van der Waals surface area contributed by atoms with E-state index in [0.29, 0.717) is 18.3 Å². The van der Waals surface area contributed by atoms with Crippen LogP contribution in [-0.4, -0.2) is 30.0 Å². The Morgan fingerprint density at radius 1 is 1.35 bits per heavy atom. The van der Waals surface area contributed by atoms with E-state index in [-0.39, 0.29) is 12.0 Å². The Morgan fingerprint density at radius 2 is 1.95 bits per heavy atom. The van der Waals surface area contributed by atoms with E-state index in [1.54, 1.807) is 0 Å². The molecule has 0 aromatic carbocycles. The molecule has 0 heterocycles. The molecule has 0 spiro atoms. The molecule has 1 aliphatic carbocycles. The standard InChI is InChI=1S/C14H23F3O3/c1-8(2)10-5-4-9(3)6-12(10)20-7-11(13(18)19)14(15,16)17/h8-12H,4-7H2,1-3H3,(H,18,19). The van der Waals surface area contributed by atoms with Crippen LogP contribution in [0, 0.1) is 23.7 Å².